The van der Waals surface area contributed by atoms with Gasteiger partial charge in [0.15, 0.2) is 4.34 Å². The Hall–Kier alpha value is -3.44. The van der Waals surface area contributed by atoms with E-state index in [1.165, 1.54) is 36.3 Å². The fraction of sp³-hybridized carbons (Fsp3) is 0.150. The van der Waals surface area contributed by atoms with Crippen molar-refractivity contribution in [3.05, 3.63) is 64.2 Å². The summed E-state index contributed by atoms with van der Waals surface area (Å²) in [5.41, 5.74) is 1.29. The van der Waals surface area contributed by atoms with E-state index in [1.807, 2.05) is 24.3 Å². The van der Waals surface area contributed by atoms with Crippen molar-refractivity contribution in [1.82, 2.24) is 20.2 Å². The second-order valence-electron chi connectivity index (χ2n) is 6.22. The fourth-order valence-electron chi connectivity index (χ4n) is 2.81. The number of methoxy groups -OCH3 is 2. The molecule has 158 valence electrons. The van der Waals surface area contributed by atoms with Crippen molar-refractivity contribution < 1.29 is 14.3 Å². The Bertz CT molecular complexity index is 1300. The molecule has 0 atom stereocenters. The van der Waals surface area contributed by atoms with Gasteiger partial charge in [0.05, 0.1) is 42.1 Å². The Morgan fingerprint density at radius 3 is 2.84 bits per heavy atom. The highest BCUT2D eigenvalue weighted by atomic mass is 32.2. The number of fused-ring (bicyclic) bond motifs is 1. The lowest BCUT2D eigenvalue weighted by Gasteiger charge is -2.07. The number of thioether (sulfide) groups is 1. The maximum Gasteiger partial charge on any atom is 0.337 e. The molecule has 0 radical (unpaired) electrons. The van der Waals surface area contributed by atoms with Gasteiger partial charge in [-0.3, -0.25) is 4.79 Å². The minimum absolute atomic E-state index is 0.271. The number of rotatable bonds is 7. The van der Waals surface area contributed by atoms with Gasteiger partial charge in [0.2, 0.25) is 5.13 Å². The zero-order valence-electron chi connectivity index (χ0n) is 16.5. The molecular formula is C20H17N5O4S2. The Labute approximate surface area is 184 Å². The summed E-state index contributed by atoms with van der Waals surface area (Å²) in [5.74, 6) is 1.08. The number of esters is 1. The van der Waals surface area contributed by atoms with Crippen LogP contribution in [0.1, 0.15) is 16.2 Å². The number of carbonyl (C=O) groups is 1. The normalized spacial score (nSPS) is 10.8. The molecule has 0 unspecified atom stereocenters. The first-order chi connectivity index (χ1) is 15.1. The van der Waals surface area contributed by atoms with Gasteiger partial charge < -0.3 is 19.8 Å². The second kappa shape index (κ2) is 9.14. The van der Waals surface area contributed by atoms with Crippen LogP contribution in [-0.4, -0.2) is 40.4 Å². The van der Waals surface area contributed by atoms with Crippen LogP contribution in [0.3, 0.4) is 0 Å². The molecule has 4 rings (SSSR count). The van der Waals surface area contributed by atoms with E-state index in [2.05, 4.69) is 25.5 Å². The summed E-state index contributed by atoms with van der Waals surface area (Å²) in [6.07, 6.45) is 0. The quantitative estimate of drug-likeness (QED) is 0.318. The number of ether oxygens (including phenoxy) is 2. The Morgan fingerprint density at radius 2 is 2.03 bits per heavy atom. The number of nitrogens with one attached hydrogen (secondary N) is 2. The van der Waals surface area contributed by atoms with Gasteiger partial charge in [-0.2, -0.15) is 0 Å². The van der Waals surface area contributed by atoms with Crippen molar-refractivity contribution in [2.75, 3.05) is 19.5 Å². The largest absolute Gasteiger partial charge is 0.495 e. The third kappa shape index (κ3) is 4.67. The summed E-state index contributed by atoms with van der Waals surface area (Å²) >= 11 is 2.77. The molecule has 0 spiro atoms. The Morgan fingerprint density at radius 1 is 1.19 bits per heavy atom. The second-order valence-corrected chi connectivity index (χ2v) is 8.42. The Balaban J connectivity index is 1.49. The van der Waals surface area contributed by atoms with Crippen molar-refractivity contribution >= 4 is 50.8 Å². The van der Waals surface area contributed by atoms with Crippen molar-refractivity contribution in [3.63, 3.8) is 0 Å². The number of H-pyrrole nitrogens is 1. The van der Waals surface area contributed by atoms with E-state index < -0.39 is 5.97 Å². The van der Waals surface area contributed by atoms with Crippen LogP contribution < -0.4 is 15.6 Å². The maximum atomic E-state index is 12.4. The monoisotopic (exact) mass is 455 g/mol. The van der Waals surface area contributed by atoms with Crippen molar-refractivity contribution in [3.8, 4) is 5.75 Å². The summed E-state index contributed by atoms with van der Waals surface area (Å²) in [6, 6.07) is 12.2. The lowest BCUT2D eigenvalue weighted by molar-refractivity contribution is 0.0601. The third-order valence-corrected chi connectivity index (χ3v) is 6.25. The number of carbonyl (C=O) groups excluding carboxylic acids is 1. The first-order valence-electron chi connectivity index (χ1n) is 9.05. The van der Waals surface area contributed by atoms with Crippen LogP contribution >= 0.6 is 23.1 Å². The highest BCUT2D eigenvalue weighted by Gasteiger charge is 2.12. The molecular weight excluding hydrogens is 438 g/mol. The van der Waals surface area contributed by atoms with E-state index in [-0.39, 0.29) is 5.56 Å². The number of hydrogen-bond acceptors (Lipinski definition) is 10. The summed E-state index contributed by atoms with van der Waals surface area (Å²) in [6.45, 7) is 0. The third-order valence-electron chi connectivity index (χ3n) is 4.26. The van der Waals surface area contributed by atoms with Crippen LogP contribution in [0.25, 0.3) is 10.9 Å². The minimum Gasteiger partial charge on any atom is -0.495 e. The number of aromatic nitrogens is 4. The van der Waals surface area contributed by atoms with E-state index in [9.17, 15) is 9.59 Å². The molecule has 0 amide bonds. The molecule has 0 saturated carbocycles. The van der Waals surface area contributed by atoms with E-state index in [0.717, 1.165) is 5.69 Å². The average molecular weight is 456 g/mol. The molecule has 4 aromatic rings. The van der Waals surface area contributed by atoms with Crippen LogP contribution in [0.5, 0.6) is 5.75 Å². The summed E-state index contributed by atoms with van der Waals surface area (Å²) in [7, 11) is 2.91. The molecule has 0 aliphatic rings. The first kappa shape index (κ1) is 20.8. The van der Waals surface area contributed by atoms with Gasteiger partial charge in [-0.15, -0.1) is 10.2 Å². The van der Waals surface area contributed by atoms with Crippen LogP contribution in [0.15, 0.2) is 51.6 Å². The van der Waals surface area contributed by atoms with E-state index in [4.69, 9.17) is 9.47 Å². The van der Waals surface area contributed by atoms with E-state index >= 15 is 0 Å². The van der Waals surface area contributed by atoms with Crippen molar-refractivity contribution in [1.29, 1.82) is 0 Å². The van der Waals surface area contributed by atoms with E-state index in [1.54, 1.807) is 19.2 Å². The van der Waals surface area contributed by atoms with Gasteiger partial charge in [0.1, 0.15) is 11.6 Å². The highest BCUT2D eigenvalue weighted by molar-refractivity contribution is 8.00. The van der Waals surface area contributed by atoms with Gasteiger partial charge in [-0.1, -0.05) is 35.2 Å². The molecule has 0 fully saturated rings. The molecule has 2 N–H and O–H groups in total. The number of aromatic amines is 1. The SMILES string of the molecule is COC(=O)c1ccc2c(=O)[nH]c(CSc3nnc(Nc4ccccc4OC)s3)nc2c1. The van der Waals surface area contributed by atoms with E-state index in [0.29, 0.717) is 43.3 Å². The zero-order chi connectivity index (χ0) is 21.8. The fourth-order valence-corrected chi connectivity index (χ4v) is 4.45. The number of para-hydroxylation sites is 2. The lowest BCUT2D eigenvalue weighted by Crippen LogP contribution is -2.12. The van der Waals surface area contributed by atoms with Gasteiger partial charge >= 0.3 is 5.97 Å². The molecule has 2 aromatic carbocycles. The molecule has 2 aromatic heterocycles. The molecule has 0 saturated heterocycles. The van der Waals surface area contributed by atoms with Crippen LogP contribution in [0, 0.1) is 0 Å². The van der Waals surface area contributed by atoms with Crippen LogP contribution in [-0.2, 0) is 10.5 Å². The topological polar surface area (TPSA) is 119 Å². The first-order valence-corrected chi connectivity index (χ1v) is 10.8. The van der Waals surface area contributed by atoms with Gasteiger partial charge in [-0.25, -0.2) is 9.78 Å². The number of benzene rings is 2. The number of hydrogen-bond donors (Lipinski definition) is 2. The number of anilines is 2. The molecule has 0 aliphatic carbocycles. The lowest BCUT2D eigenvalue weighted by atomic mass is 10.1. The molecule has 0 aliphatic heterocycles. The summed E-state index contributed by atoms with van der Waals surface area (Å²) in [4.78, 5) is 31.3. The van der Waals surface area contributed by atoms with Gasteiger partial charge in [0.25, 0.3) is 5.56 Å². The van der Waals surface area contributed by atoms with Gasteiger partial charge in [0, 0.05) is 0 Å². The summed E-state index contributed by atoms with van der Waals surface area (Å²) < 4.78 is 10.8. The van der Waals surface area contributed by atoms with Crippen LogP contribution in [0.2, 0.25) is 0 Å². The molecule has 9 nitrogen and oxygen atoms in total. The molecule has 0 bridgehead atoms. The molecule has 2 heterocycles. The van der Waals surface area contributed by atoms with Gasteiger partial charge in [-0.05, 0) is 30.3 Å². The average Bonchev–Trinajstić information content (AvgIpc) is 3.24. The smallest absolute Gasteiger partial charge is 0.337 e. The molecule has 31 heavy (non-hydrogen) atoms. The van der Waals surface area contributed by atoms with Crippen molar-refractivity contribution in [2.24, 2.45) is 0 Å². The standard InChI is InChI=1S/C20H17N5O4S2/c1-28-15-6-4-3-5-13(15)22-19-24-25-20(31-19)30-10-16-21-14-9-11(18(27)29-2)7-8-12(14)17(26)23-16/h3-9H,10H2,1-2H3,(H,22,24)(H,21,23,26). The predicted octanol–water partition coefficient (Wildman–Crippen LogP) is 3.61. The zero-order valence-corrected chi connectivity index (χ0v) is 18.2. The number of nitrogens with zero attached hydrogens (tertiary/aromatic N) is 3. The maximum absolute atomic E-state index is 12.4. The Kier molecular flexibility index (Phi) is 6.14. The predicted molar refractivity (Wildman–Crippen MR) is 119 cm³/mol. The summed E-state index contributed by atoms with van der Waals surface area (Å²) in [5, 5.41) is 12.5. The molecule has 11 heteroatoms. The van der Waals surface area contributed by atoms with Crippen LogP contribution in [0.4, 0.5) is 10.8 Å². The van der Waals surface area contributed by atoms with Crippen molar-refractivity contribution in [2.45, 2.75) is 10.1 Å². The highest BCUT2D eigenvalue weighted by Crippen LogP contribution is 2.32. The minimum atomic E-state index is -0.483.